The Morgan fingerprint density at radius 1 is 1.38 bits per heavy atom. The number of hydrogen-bond donors (Lipinski definition) is 2. The molecule has 1 saturated carbocycles. The highest BCUT2D eigenvalue weighted by Gasteiger charge is 2.38. The van der Waals surface area contributed by atoms with E-state index in [1.165, 1.54) is 21.9 Å². The van der Waals surface area contributed by atoms with Crippen LogP contribution in [0.15, 0.2) is 11.0 Å². The largest absolute Gasteiger partial charge is 0.481 e. The third-order valence-corrected chi connectivity index (χ3v) is 5.76. The molecule has 7 nitrogen and oxygen atoms in total. The van der Waals surface area contributed by atoms with Crippen LogP contribution in [0.4, 0.5) is 0 Å². The molecule has 0 spiro atoms. The fourth-order valence-corrected chi connectivity index (χ4v) is 4.26. The number of hydrogen-bond acceptors (Lipinski definition) is 5. The molecule has 1 aliphatic rings. The molecule has 3 rings (SSSR count). The van der Waals surface area contributed by atoms with Crippen LogP contribution in [0.3, 0.4) is 0 Å². The number of carbonyl (C=O) groups is 2. The first-order chi connectivity index (χ1) is 11.3. The van der Waals surface area contributed by atoms with Crippen molar-refractivity contribution in [1.82, 2.24) is 14.7 Å². The number of carboxylic acid groups (broad SMARTS) is 1. The summed E-state index contributed by atoms with van der Waals surface area (Å²) in [5.41, 5.74) is -0.467. The normalized spacial score (nSPS) is 16.4. The molecule has 1 aliphatic carbocycles. The lowest BCUT2D eigenvalue weighted by atomic mass is 9.93. The Bertz CT molecular complexity index is 877. The molecule has 0 saturated heterocycles. The number of aryl methyl sites for hydroxylation is 2. The molecule has 2 heterocycles. The van der Waals surface area contributed by atoms with Gasteiger partial charge in [0.2, 0.25) is 0 Å². The number of aliphatic carboxylic acids is 1. The third-order valence-electron chi connectivity index (χ3n) is 4.69. The highest BCUT2D eigenvalue weighted by atomic mass is 32.1. The van der Waals surface area contributed by atoms with Gasteiger partial charge in [0.1, 0.15) is 5.56 Å². The van der Waals surface area contributed by atoms with Crippen molar-refractivity contribution in [2.45, 2.75) is 51.5 Å². The van der Waals surface area contributed by atoms with Gasteiger partial charge in [-0.1, -0.05) is 12.8 Å². The second-order valence-corrected chi connectivity index (χ2v) is 7.53. The van der Waals surface area contributed by atoms with Gasteiger partial charge in [-0.05, 0) is 26.7 Å². The first-order valence-electron chi connectivity index (χ1n) is 7.85. The highest BCUT2D eigenvalue weighted by molar-refractivity contribution is 7.17. The zero-order valence-electron chi connectivity index (χ0n) is 13.6. The Hall–Kier alpha value is -2.22. The monoisotopic (exact) mass is 349 g/mol. The second-order valence-electron chi connectivity index (χ2n) is 6.35. The second kappa shape index (κ2) is 6.01. The number of carbonyl (C=O) groups excluding carboxylic acids is 1. The number of thiazole rings is 1. The maximum atomic E-state index is 12.7. The van der Waals surface area contributed by atoms with E-state index in [2.05, 4.69) is 10.3 Å². The zero-order valence-corrected chi connectivity index (χ0v) is 14.4. The van der Waals surface area contributed by atoms with Gasteiger partial charge >= 0.3 is 5.97 Å². The van der Waals surface area contributed by atoms with Gasteiger partial charge in [0.05, 0.1) is 12.0 Å². The maximum absolute atomic E-state index is 12.7. The minimum absolute atomic E-state index is 0.0509. The van der Waals surface area contributed by atoms with Crippen LogP contribution >= 0.6 is 11.3 Å². The summed E-state index contributed by atoms with van der Waals surface area (Å²) in [4.78, 5) is 42.1. The minimum atomic E-state index is -0.952. The molecule has 1 fully saturated rings. The van der Waals surface area contributed by atoms with Gasteiger partial charge in [0.15, 0.2) is 4.96 Å². The lowest BCUT2D eigenvalue weighted by Gasteiger charge is -2.28. The molecule has 2 aromatic rings. The summed E-state index contributed by atoms with van der Waals surface area (Å²) < 4.78 is 1.44. The average molecular weight is 349 g/mol. The van der Waals surface area contributed by atoms with Gasteiger partial charge in [-0.2, -0.15) is 0 Å². The summed E-state index contributed by atoms with van der Waals surface area (Å²) in [5.74, 6) is -1.50. The molecule has 0 atom stereocenters. The molecule has 128 valence electrons. The molecule has 0 unspecified atom stereocenters. The van der Waals surface area contributed by atoms with Crippen molar-refractivity contribution in [3.8, 4) is 0 Å². The number of rotatable bonds is 4. The molecule has 2 N–H and O–H groups in total. The van der Waals surface area contributed by atoms with Gasteiger partial charge in [0.25, 0.3) is 11.5 Å². The molecular weight excluding hydrogens is 330 g/mol. The Kier molecular flexibility index (Phi) is 4.16. The van der Waals surface area contributed by atoms with Crippen LogP contribution in [0.1, 0.15) is 53.0 Å². The van der Waals surface area contributed by atoms with Crippen molar-refractivity contribution in [2.24, 2.45) is 0 Å². The van der Waals surface area contributed by atoms with Crippen LogP contribution in [0.5, 0.6) is 0 Å². The summed E-state index contributed by atoms with van der Waals surface area (Å²) in [7, 11) is 0. The fourth-order valence-electron chi connectivity index (χ4n) is 3.33. The summed E-state index contributed by atoms with van der Waals surface area (Å²) in [6, 6.07) is 0. The molecule has 0 aromatic carbocycles. The Balaban J connectivity index is 1.96. The molecule has 1 amide bonds. The summed E-state index contributed by atoms with van der Waals surface area (Å²) in [6.07, 6.45) is 4.11. The third kappa shape index (κ3) is 2.82. The SMILES string of the molecule is Cc1sc2ncc(C(=O)NC3(CC(=O)O)CCCC3)c(=O)n2c1C. The number of fused-ring (bicyclic) bond motifs is 1. The van der Waals surface area contributed by atoms with Crippen molar-refractivity contribution in [3.63, 3.8) is 0 Å². The Morgan fingerprint density at radius 2 is 2.04 bits per heavy atom. The summed E-state index contributed by atoms with van der Waals surface area (Å²) >= 11 is 1.40. The lowest BCUT2D eigenvalue weighted by molar-refractivity contribution is -0.138. The maximum Gasteiger partial charge on any atom is 0.305 e. The van der Waals surface area contributed by atoms with E-state index in [1.807, 2.05) is 13.8 Å². The summed E-state index contributed by atoms with van der Waals surface area (Å²) in [5, 5.41) is 11.9. The van der Waals surface area contributed by atoms with Gasteiger partial charge in [-0.15, -0.1) is 11.3 Å². The van der Waals surface area contributed by atoms with Crippen LogP contribution in [0.2, 0.25) is 0 Å². The predicted octanol–water partition coefficient (Wildman–Crippen LogP) is 1.89. The Labute approximate surface area is 142 Å². The van der Waals surface area contributed by atoms with E-state index in [-0.39, 0.29) is 12.0 Å². The van der Waals surface area contributed by atoms with Crippen LogP contribution in [-0.2, 0) is 4.79 Å². The number of nitrogens with zero attached hydrogens (tertiary/aromatic N) is 2. The topological polar surface area (TPSA) is 101 Å². The van der Waals surface area contributed by atoms with Crippen LogP contribution in [0.25, 0.3) is 4.96 Å². The lowest BCUT2D eigenvalue weighted by Crippen LogP contribution is -2.49. The molecule has 24 heavy (non-hydrogen) atoms. The molecule has 0 aliphatic heterocycles. The van der Waals surface area contributed by atoms with Gasteiger partial charge in [0, 0.05) is 16.8 Å². The number of amides is 1. The van der Waals surface area contributed by atoms with E-state index < -0.39 is 23.0 Å². The van der Waals surface area contributed by atoms with Crippen LogP contribution < -0.4 is 10.9 Å². The molecule has 0 radical (unpaired) electrons. The average Bonchev–Trinajstić information content (AvgIpc) is 3.04. The smallest absolute Gasteiger partial charge is 0.305 e. The van der Waals surface area contributed by atoms with Gasteiger partial charge in [-0.3, -0.25) is 18.8 Å². The van der Waals surface area contributed by atoms with Crippen molar-refractivity contribution < 1.29 is 14.7 Å². The van der Waals surface area contributed by atoms with Crippen LogP contribution in [-0.4, -0.2) is 31.9 Å². The van der Waals surface area contributed by atoms with Gasteiger partial charge < -0.3 is 10.4 Å². The van der Waals surface area contributed by atoms with Crippen molar-refractivity contribution in [1.29, 1.82) is 0 Å². The van der Waals surface area contributed by atoms with E-state index >= 15 is 0 Å². The number of nitrogens with one attached hydrogen (secondary N) is 1. The minimum Gasteiger partial charge on any atom is -0.481 e. The number of aromatic nitrogens is 2. The van der Waals surface area contributed by atoms with Crippen molar-refractivity contribution >= 4 is 28.2 Å². The van der Waals surface area contributed by atoms with E-state index in [1.54, 1.807) is 0 Å². The molecule has 0 bridgehead atoms. The van der Waals surface area contributed by atoms with Crippen LogP contribution in [0, 0.1) is 13.8 Å². The molecule has 2 aromatic heterocycles. The number of carboxylic acids is 1. The molecule has 8 heteroatoms. The zero-order chi connectivity index (χ0) is 17.5. The standard InChI is InChI=1S/C16H19N3O4S/c1-9-10(2)24-15-17-8-11(14(23)19(9)15)13(22)18-16(7-12(20)21)5-3-4-6-16/h8H,3-7H2,1-2H3,(H,18,22)(H,20,21). The molecular formula is C16H19N3O4S. The first kappa shape index (κ1) is 16.6. The van der Waals surface area contributed by atoms with E-state index in [9.17, 15) is 14.4 Å². The quantitative estimate of drug-likeness (QED) is 0.878. The van der Waals surface area contributed by atoms with Crippen molar-refractivity contribution in [2.75, 3.05) is 0 Å². The fraction of sp³-hybridized carbons (Fsp3) is 0.500. The summed E-state index contributed by atoms with van der Waals surface area (Å²) in [6.45, 7) is 3.71. The van der Waals surface area contributed by atoms with Gasteiger partial charge in [-0.25, -0.2) is 4.98 Å². The van der Waals surface area contributed by atoms with E-state index in [4.69, 9.17) is 5.11 Å². The van der Waals surface area contributed by atoms with E-state index in [0.717, 1.165) is 23.4 Å². The Morgan fingerprint density at radius 3 is 2.67 bits per heavy atom. The van der Waals surface area contributed by atoms with E-state index in [0.29, 0.717) is 17.8 Å². The first-order valence-corrected chi connectivity index (χ1v) is 8.67. The highest BCUT2D eigenvalue weighted by Crippen LogP contribution is 2.32. The van der Waals surface area contributed by atoms with Crippen molar-refractivity contribution in [3.05, 3.63) is 32.7 Å². The predicted molar refractivity (Wildman–Crippen MR) is 89.7 cm³/mol.